The van der Waals surface area contributed by atoms with Crippen LogP contribution >= 0.6 is 0 Å². The van der Waals surface area contributed by atoms with Gasteiger partial charge in [0.1, 0.15) is 5.75 Å². The molecule has 0 aliphatic rings. The molecule has 0 atom stereocenters. The molecule has 74 valence electrons. The molecule has 0 bridgehead atoms. The first-order chi connectivity index (χ1) is 7.27. The number of para-hydroxylation sites is 1. The van der Waals surface area contributed by atoms with Crippen LogP contribution in [-0.4, -0.2) is 9.67 Å². The lowest BCUT2D eigenvalue weighted by Gasteiger charge is -1.96. The molecule has 0 fully saturated rings. The van der Waals surface area contributed by atoms with Gasteiger partial charge in [0, 0.05) is 28.9 Å². The van der Waals surface area contributed by atoms with Gasteiger partial charge in [-0.2, -0.15) is 0 Å². The summed E-state index contributed by atoms with van der Waals surface area (Å²) in [6.45, 7) is 0. The second-order valence-corrected chi connectivity index (χ2v) is 3.78. The van der Waals surface area contributed by atoms with E-state index in [2.05, 4.69) is 16.7 Å². The predicted molar refractivity (Wildman–Crippen MR) is 62.1 cm³/mol. The number of aryl methyl sites for hydroxylation is 1. The van der Waals surface area contributed by atoms with Crippen LogP contribution < -0.4 is 0 Å². The fraction of sp³-hybridized carbons (Fsp3) is 0.0769. The molecular weight excluding hydrogens is 186 g/mol. The van der Waals surface area contributed by atoms with Gasteiger partial charge < -0.3 is 9.67 Å². The number of hydrogen-bond acceptors (Lipinski definition) is 1. The van der Waals surface area contributed by atoms with E-state index in [9.17, 15) is 5.11 Å². The average molecular weight is 197 g/mol. The molecule has 0 amide bonds. The van der Waals surface area contributed by atoms with Crippen LogP contribution in [-0.2, 0) is 7.05 Å². The van der Waals surface area contributed by atoms with Gasteiger partial charge in [-0.3, -0.25) is 0 Å². The van der Waals surface area contributed by atoms with Crippen molar-refractivity contribution in [3.05, 3.63) is 42.5 Å². The molecule has 1 aromatic heterocycles. The van der Waals surface area contributed by atoms with Crippen LogP contribution in [0, 0.1) is 0 Å². The summed E-state index contributed by atoms with van der Waals surface area (Å²) >= 11 is 0. The van der Waals surface area contributed by atoms with Crippen LogP contribution in [0.15, 0.2) is 42.5 Å². The number of hydrogen-bond donors (Lipinski definition) is 1. The van der Waals surface area contributed by atoms with E-state index >= 15 is 0 Å². The Hall–Kier alpha value is -1.96. The van der Waals surface area contributed by atoms with E-state index in [-0.39, 0.29) is 0 Å². The van der Waals surface area contributed by atoms with E-state index in [1.54, 1.807) is 6.07 Å². The molecule has 2 nitrogen and oxygen atoms in total. The van der Waals surface area contributed by atoms with Crippen molar-refractivity contribution in [3.8, 4) is 5.75 Å². The third-order valence-corrected chi connectivity index (χ3v) is 2.90. The fourth-order valence-corrected chi connectivity index (χ4v) is 2.16. The number of aromatic hydroxyl groups is 1. The Labute approximate surface area is 87.4 Å². The quantitative estimate of drug-likeness (QED) is 0.588. The Balaban J connectivity index is 2.64. The van der Waals surface area contributed by atoms with Gasteiger partial charge in [0.15, 0.2) is 0 Å². The Bertz CT molecular complexity index is 652. The number of aromatic nitrogens is 1. The van der Waals surface area contributed by atoms with Crippen LogP contribution in [0.3, 0.4) is 0 Å². The van der Waals surface area contributed by atoms with E-state index < -0.39 is 0 Å². The maximum absolute atomic E-state index is 9.49. The van der Waals surface area contributed by atoms with Crippen LogP contribution in [0.25, 0.3) is 21.8 Å². The van der Waals surface area contributed by atoms with Gasteiger partial charge in [0.05, 0.1) is 0 Å². The molecule has 0 saturated heterocycles. The topological polar surface area (TPSA) is 25.2 Å². The molecule has 0 aliphatic carbocycles. The highest BCUT2D eigenvalue weighted by molar-refractivity contribution is 6.08. The molecule has 3 rings (SSSR count). The Morgan fingerprint density at radius 1 is 0.933 bits per heavy atom. The van der Waals surface area contributed by atoms with Crippen LogP contribution in [0.4, 0.5) is 0 Å². The van der Waals surface area contributed by atoms with Crippen molar-refractivity contribution in [2.75, 3.05) is 0 Å². The predicted octanol–water partition coefficient (Wildman–Crippen LogP) is 3.04. The second kappa shape index (κ2) is 2.76. The summed E-state index contributed by atoms with van der Waals surface area (Å²) in [4.78, 5) is 0. The molecule has 15 heavy (non-hydrogen) atoms. The maximum atomic E-state index is 9.49. The SMILES string of the molecule is Cn1c2ccccc2c2cc(O)ccc21. The maximum Gasteiger partial charge on any atom is 0.116 e. The average Bonchev–Trinajstić information content (AvgIpc) is 2.54. The van der Waals surface area contributed by atoms with E-state index in [0.717, 1.165) is 10.9 Å². The van der Waals surface area contributed by atoms with Crippen LogP contribution in [0.5, 0.6) is 5.75 Å². The summed E-state index contributed by atoms with van der Waals surface area (Å²) < 4.78 is 2.14. The minimum Gasteiger partial charge on any atom is -0.508 e. The van der Waals surface area contributed by atoms with Crippen molar-refractivity contribution in [3.63, 3.8) is 0 Å². The molecule has 2 heteroatoms. The zero-order chi connectivity index (χ0) is 10.4. The number of benzene rings is 2. The van der Waals surface area contributed by atoms with Crippen molar-refractivity contribution in [2.24, 2.45) is 7.05 Å². The van der Waals surface area contributed by atoms with Crippen molar-refractivity contribution in [2.45, 2.75) is 0 Å². The fourth-order valence-electron chi connectivity index (χ4n) is 2.16. The largest absolute Gasteiger partial charge is 0.508 e. The Morgan fingerprint density at radius 2 is 1.67 bits per heavy atom. The smallest absolute Gasteiger partial charge is 0.116 e. The van der Waals surface area contributed by atoms with Crippen LogP contribution in [0.2, 0.25) is 0 Å². The number of phenolic OH excluding ortho intramolecular Hbond substituents is 1. The molecule has 0 unspecified atom stereocenters. The molecular formula is C13H11NO. The van der Waals surface area contributed by atoms with Gasteiger partial charge in [-0.05, 0) is 24.3 Å². The van der Waals surface area contributed by atoms with Gasteiger partial charge in [0.2, 0.25) is 0 Å². The zero-order valence-corrected chi connectivity index (χ0v) is 8.44. The normalized spacial score (nSPS) is 11.3. The summed E-state index contributed by atoms with van der Waals surface area (Å²) in [5.74, 6) is 0.318. The van der Waals surface area contributed by atoms with Crippen molar-refractivity contribution < 1.29 is 5.11 Å². The van der Waals surface area contributed by atoms with Gasteiger partial charge in [-0.15, -0.1) is 0 Å². The third-order valence-electron chi connectivity index (χ3n) is 2.90. The highest BCUT2D eigenvalue weighted by Crippen LogP contribution is 2.30. The number of phenols is 1. The highest BCUT2D eigenvalue weighted by Gasteiger charge is 2.06. The second-order valence-electron chi connectivity index (χ2n) is 3.78. The summed E-state index contributed by atoms with van der Waals surface area (Å²) in [6.07, 6.45) is 0. The minimum atomic E-state index is 0.318. The zero-order valence-electron chi connectivity index (χ0n) is 8.44. The van der Waals surface area contributed by atoms with Crippen molar-refractivity contribution in [1.82, 2.24) is 4.57 Å². The van der Waals surface area contributed by atoms with Crippen LogP contribution in [0.1, 0.15) is 0 Å². The highest BCUT2D eigenvalue weighted by atomic mass is 16.3. The molecule has 0 aliphatic heterocycles. The first-order valence-corrected chi connectivity index (χ1v) is 4.93. The van der Waals surface area contributed by atoms with E-state index in [0.29, 0.717) is 5.75 Å². The molecule has 0 radical (unpaired) electrons. The molecule has 3 aromatic rings. The summed E-state index contributed by atoms with van der Waals surface area (Å²) in [5.41, 5.74) is 2.34. The Morgan fingerprint density at radius 3 is 2.53 bits per heavy atom. The molecule has 2 aromatic carbocycles. The van der Waals surface area contributed by atoms with Gasteiger partial charge in [-0.25, -0.2) is 0 Å². The van der Waals surface area contributed by atoms with Gasteiger partial charge in [-0.1, -0.05) is 18.2 Å². The molecule has 1 heterocycles. The van der Waals surface area contributed by atoms with Crippen molar-refractivity contribution >= 4 is 21.8 Å². The summed E-state index contributed by atoms with van der Waals surface area (Å²) in [6, 6.07) is 13.7. The van der Waals surface area contributed by atoms with E-state index in [1.165, 1.54) is 10.9 Å². The summed E-state index contributed by atoms with van der Waals surface area (Å²) in [5, 5.41) is 11.8. The number of nitrogens with zero attached hydrogens (tertiary/aromatic N) is 1. The van der Waals surface area contributed by atoms with E-state index in [1.807, 2.05) is 31.3 Å². The minimum absolute atomic E-state index is 0.318. The van der Waals surface area contributed by atoms with Gasteiger partial charge in [0.25, 0.3) is 0 Å². The molecule has 0 spiro atoms. The lowest BCUT2D eigenvalue weighted by Crippen LogP contribution is -1.85. The number of rotatable bonds is 0. The Kier molecular flexibility index (Phi) is 1.54. The summed E-state index contributed by atoms with van der Waals surface area (Å²) in [7, 11) is 2.04. The first-order valence-electron chi connectivity index (χ1n) is 4.93. The molecule has 1 N–H and O–H groups in total. The first kappa shape index (κ1) is 8.36. The lowest BCUT2D eigenvalue weighted by molar-refractivity contribution is 0.476. The number of fused-ring (bicyclic) bond motifs is 3. The van der Waals surface area contributed by atoms with Crippen molar-refractivity contribution in [1.29, 1.82) is 0 Å². The standard InChI is InChI=1S/C13H11NO/c1-14-12-5-3-2-4-10(12)11-8-9(15)6-7-13(11)14/h2-8,15H,1H3. The molecule has 0 saturated carbocycles. The monoisotopic (exact) mass is 197 g/mol. The third kappa shape index (κ3) is 1.05. The van der Waals surface area contributed by atoms with E-state index in [4.69, 9.17) is 0 Å². The lowest BCUT2D eigenvalue weighted by atomic mass is 10.1. The van der Waals surface area contributed by atoms with Gasteiger partial charge >= 0.3 is 0 Å².